The van der Waals surface area contributed by atoms with Crippen molar-refractivity contribution >= 4 is 19.8 Å². The highest BCUT2D eigenvalue weighted by atomic mass is 31.2. The second kappa shape index (κ2) is 41.3. The molecule has 60 heavy (non-hydrogen) atoms. The maximum atomic E-state index is 12.7. The van der Waals surface area contributed by atoms with E-state index in [2.05, 4.69) is 111 Å². The third-order valence-corrected chi connectivity index (χ3v) is 10.1. The summed E-state index contributed by atoms with van der Waals surface area (Å²) in [6, 6.07) is 0. The minimum atomic E-state index is -4.40. The molecule has 342 valence electrons. The van der Waals surface area contributed by atoms with E-state index in [1.807, 2.05) is 21.1 Å². The lowest BCUT2D eigenvalue weighted by Crippen LogP contribution is -2.37. The Morgan fingerprint density at radius 3 is 1.42 bits per heavy atom. The highest BCUT2D eigenvalue weighted by Gasteiger charge is 2.27. The first-order chi connectivity index (χ1) is 29.0. The molecule has 2 atom stereocenters. The van der Waals surface area contributed by atoms with Crippen LogP contribution in [0.5, 0.6) is 0 Å². The van der Waals surface area contributed by atoms with Gasteiger partial charge in [0.05, 0.1) is 27.7 Å². The molecule has 1 N–H and O–H groups in total. The zero-order valence-corrected chi connectivity index (χ0v) is 39.3. The number of carbonyl (C=O) groups is 2. The number of unbranched alkanes of at least 4 members (excludes halogenated alkanes) is 10. The van der Waals surface area contributed by atoms with Gasteiger partial charge in [-0.1, -0.05) is 143 Å². The van der Waals surface area contributed by atoms with E-state index in [0.717, 1.165) is 89.9 Å². The average Bonchev–Trinajstić information content (AvgIpc) is 3.20. The van der Waals surface area contributed by atoms with Crippen LogP contribution in [0.1, 0.15) is 155 Å². The van der Waals surface area contributed by atoms with E-state index in [0.29, 0.717) is 23.9 Å². The molecule has 0 aromatic rings. The van der Waals surface area contributed by atoms with Gasteiger partial charge in [-0.05, 0) is 96.3 Å². The minimum Gasteiger partial charge on any atom is -0.462 e. The Bertz CT molecular complexity index is 1340. The lowest BCUT2D eigenvalue weighted by Gasteiger charge is -2.24. The fourth-order valence-electron chi connectivity index (χ4n) is 5.52. The van der Waals surface area contributed by atoms with Crippen molar-refractivity contribution in [2.75, 3.05) is 47.5 Å². The number of likely N-dealkylation sites (N-methyl/N-ethyl adjacent to an activating group) is 1. The fraction of sp³-hybridized carbons (Fsp3) is 0.640. The van der Waals surface area contributed by atoms with E-state index in [1.165, 1.54) is 25.7 Å². The Kier molecular flexibility index (Phi) is 39.2. The molecular weight excluding hydrogens is 774 g/mol. The third-order valence-electron chi connectivity index (χ3n) is 9.10. The fourth-order valence-corrected chi connectivity index (χ4v) is 6.26. The smallest absolute Gasteiger partial charge is 0.462 e. The second-order valence-electron chi connectivity index (χ2n) is 16.0. The van der Waals surface area contributed by atoms with Gasteiger partial charge in [-0.3, -0.25) is 18.6 Å². The van der Waals surface area contributed by atoms with Crippen LogP contribution < -0.4 is 0 Å². The van der Waals surface area contributed by atoms with Gasteiger partial charge in [0.15, 0.2) is 6.10 Å². The van der Waals surface area contributed by atoms with Gasteiger partial charge in [-0.2, -0.15) is 0 Å². The highest BCUT2D eigenvalue weighted by molar-refractivity contribution is 7.47. The summed E-state index contributed by atoms with van der Waals surface area (Å²) in [5, 5.41) is 0. The van der Waals surface area contributed by atoms with Crippen molar-refractivity contribution in [2.45, 2.75) is 161 Å². The molecule has 0 saturated heterocycles. The minimum absolute atomic E-state index is 0.0152. The van der Waals surface area contributed by atoms with E-state index in [4.69, 9.17) is 18.5 Å². The van der Waals surface area contributed by atoms with E-state index in [1.54, 1.807) is 0 Å². The van der Waals surface area contributed by atoms with Crippen LogP contribution in [0.2, 0.25) is 0 Å². The number of esters is 2. The first-order valence-corrected chi connectivity index (χ1v) is 24.5. The summed E-state index contributed by atoms with van der Waals surface area (Å²) in [5.74, 6) is -0.872. The summed E-state index contributed by atoms with van der Waals surface area (Å²) in [4.78, 5) is 35.4. The first-order valence-electron chi connectivity index (χ1n) is 23.0. The third kappa shape index (κ3) is 44.5. The van der Waals surface area contributed by atoms with Crippen LogP contribution in [-0.2, 0) is 32.7 Å². The van der Waals surface area contributed by atoms with Crippen molar-refractivity contribution in [2.24, 2.45) is 0 Å². The van der Waals surface area contributed by atoms with Crippen LogP contribution in [0.3, 0.4) is 0 Å². The van der Waals surface area contributed by atoms with Gasteiger partial charge in [0.1, 0.15) is 19.8 Å². The topological polar surface area (TPSA) is 108 Å². The Morgan fingerprint density at radius 1 is 0.533 bits per heavy atom. The summed E-state index contributed by atoms with van der Waals surface area (Å²) in [6.45, 7) is 4.19. The van der Waals surface area contributed by atoms with Gasteiger partial charge in [-0.15, -0.1) is 0 Å². The summed E-state index contributed by atoms with van der Waals surface area (Å²) in [7, 11) is 1.42. The SMILES string of the molecule is CC/C=C\C/C=C\C/C=C\C/C=C\C/C=C\CCCCCC(=O)O[C@H](COC(=O)CCCCCC/C=C\C/C=C\C/C=C\CCCCC)COP(=O)(O)OCC[N+](C)(C)C. The molecule has 0 amide bonds. The Labute approximate surface area is 366 Å². The summed E-state index contributed by atoms with van der Waals surface area (Å²) < 4.78 is 34.3. The van der Waals surface area contributed by atoms with Crippen molar-refractivity contribution in [3.63, 3.8) is 0 Å². The summed E-state index contributed by atoms with van der Waals surface area (Å²) >= 11 is 0. The van der Waals surface area contributed by atoms with Crippen molar-refractivity contribution in [3.05, 3.63) is 97.2 Å². The van der Waals surface area contributed by atoms with Gasteiger partial charge in [0, 0.05) is 12.8 Å². The predicted molar refractivity (Wildman–Crippen MR) is 252 cm³/mol. The molecule has 0 bridgehead atoms. The monoisotopic (exact) mass is 859 g/mol. The number of phosphoric acid groups is 1. The maximum Gasteiger partial charge on any atom is 0.472 e. The number of phosphoric ester groups is 1. The average molecular weight is 859 g/mol. The molecule has 1 unspecified atom stereocenters. The molecule has 9 nitrogen and oxygen atoms in total. The zero-order valence-electron chi connectivity index (χ0n) is 38.4. The van der Waals surface area contributed by atoms with Crippen molar-refractivity contribution in [1.29, 1.82) is 0 Å². The molecule has 0 aliphatic heterocycles. The Hall–Kier alpha value is -3.07. The lowest BCUT2D eigenvalue weighted by atomic mass is 10.1. The summed E-state index contributed by atoms with van der Waals surface area (Å²) in [5.41, 5.74) is 0. The van der Waals surface area contributed by atoms with Crippen molar-refractivity contribution in [3.8, 4) is 0 Å². The van der Waals surface area contributed by atoms with Crippen LogP contribution in [0.25, 0.3) is 0 Å². The van der Waals surface area contributed by atoms with Gasteiger partial charge in [0.2, 0.25) is 0 Å². The number of allylic oxidation sites excluding steroid dienone is 16. The molecule has 0 spiro atoms. The molecule has 0 heterocycles. The molecule has 0 aromatic heterocycles. The molecular formula is C50H85NO8P+. The largest absolute Gasteiger partial charge is 0.472 e. The quantitative estimate of drug-likeness (QED) is 0.0213. The van der Waals surface area contributed by atoms with Crippen LogP contribution >= 0.6 is 7.82 Å². The molecule has 0 saturated carbocycles. The maximum absolute atomic E-state index is 12.7. The van der Waals surface area contributed by atoms with Crippen LogP contribution in [0.15, 0.2) is 97.2 Å². The van der Waals surface area contributed by atoms with E-state index < -0.39 is 32.5 Å². The van der Waals surface area contributed by atoms with Crippen LogP contribution in [0.4, 0.5) is 0 Å². The highest BCUT2D eigenvalue weighted by Crippen LogP contribution is 2.43. The van der Waals surface area contributed by atoms with Gasteiger partial charge in [-0.25, -0.2) is 4.57 Å². The Morgan fingerprint density at radius 2 is 0.950 bits per heavy atom. The molecule has 0 aliphatic rings. The number of rotatable bonds is 40. The van der Waals surface area contributed by atoms with E-state index in [9.17, 15) is 19.0 Å². The molecule has 0 radical (unpaired) electrons. The summed E-state index contributed by atoms with van der Waals surface area (Å²) in [6.07, 6.45) is 54.5. The normalized spacial score (nSPS) is 14.4. The standard InChI is InChI=1S/C50H84NO8P/c1-6-8-10-12-14-16-18-20-22-24-25-27-29-31-33-35-37-39-41-43-50(53)59-48(47-58-60(54,55)57-45-44-51(3,4)5)46-56-49(52)42-40-38-36-34-32-30-28-26-23-21-19-17-15-13-11-9-7-2/h8,10,14-17,20-23,25,27-28,30-31,33,48H,6-7,9,11-13,18-19,24,26,29,32,34-47H2,1-5H3/p+1/b10-8-,16-14-,17-15-,22-20-,23-21-,27-25-,30-28-,33-31-/t48-/m1/s1. The van der Waals surface area contributed by atoms with E-state index in [-0.39, 0.29) is 26.1 Å². The van der Waals surface area contributed by atoms with Crippen molar-refractivity contribution < 1.29 is 42.1 Å². The molecule has 0 aliphatic carbocycles. The lowest BCUT2D eigenvalue weighted by molar-refractivity contribution is -0.870. The molecule has 10 heteroatoms. The predicted octanol–water partition coefficient (Wildman–Crippen LogP) is 13.4. The number of carbonyl (C=O) groups excluding carboxylic acids is 2. The van der Waals surface area contributed by atoms with E-state index >= 15 is 0 Å². The second-order valence-corrected chi connectivity index (χ2v) is 17.5. The Balaban J connectivity index is 4.47. The molecule has 0 fully saturated rings. The van der Waals surface area contributed by atoms with Crippen LogP contribution in [-0.4, -0.2) is 74.9 Å². The molecule has 0 rings (SSSR count). The van der Waals surface area contributed by atoms with Gasteiger partial charge in [0.25, 0.3) is 0 Å². The van der Waals surface area contributed by atoms with Crippen molar-refractivity contribution in [1.82, 2.24) is 0 Å². The van der Waals surface area contributed by atoms with Gasteiger partial charge >= 0.3 is 19.8 Å². The number of ether oxygens (including phenoxy) is 2. The van der Waals surface area contributed by atoms with Crippen LogP contribution in [0, 0.1) is 0 Å². The number of hydrogen-bond donors (Lipinski definition) is 1. The number of quaternary nitrogens is 1. The zero-order chi connectivity index (χ0) is 44.3. The number of nitrogens with zero attached hydrogens (tertiary/aromatic N) is 1. The first kappa shape index (κ1) is 56.9. The number of hydrogen-bond acceptors (Lipinski definition) is 7. The van der Waals surface area contributed by atoms with Gasteiger partial charge < -0.3 is 18.9 Å². The molecule has 0 aromatic carbocycles.